The SMILES string of the molecule is CC1Cc2ccccc2N1C(=O)Cn1cnnc1S(C)=O. The number of amides is 1. The van der Waals surface area contributed by atoms with Gasteiger partial charge in [0.05, 0.1) is 10.8 Å². The van der Waals surface area contributed by atoms with Gasteiger partial charge in [-0.05, 0) is 25.0 Å². The summed E-state index contributed by atoms with van der Waals surface area (Å²) < 4.78 is 13.1. The first-order valence-electron chi connectivity index (χ1n) is 6.69. The molecule has 0 saturated carbocycles. The highest BCUT2D eigenvalue weighted by Gasteiger charge is 2.30. The van der Waals surface area contributed by atoms with E-state index in [1.54, 1.807) is 9.47 Å². The van der Waals surface area contributed by atoms with Crippen molar-refractivity contribution in [1.29, 1.82) is 0 Å². The summed E-state index contributed by atoms with van der Waals surface area (Å²) in [4.78, 5) is 14.4. The molecule has 7 heteroatoms. The number of carbonyl (C=O) groups excluding carboxylic acids is 1. The van der Waals surface area contributed by atoms with Crippen LogP contribution >= 0.6 is 0 Å². The zero-order valence-electron chi connectivity index (χ0n) is 11.9. The first-order chi connectivity index (χ1) is 10.1. The van der Waals surface area contributed by atoms with E-state index >= 15 is 0 Å². The summed E-state index contributed by atoms with van der Waals surface area (Å²) in [5.74, 6) is -0.0426. The zero-order chi connectivity index (χ0) is 15.0. The van der Waals surface area contributed by atoms with E-state index in [1.807, 2.05) is 31.2 Å². The summed E-state index contributed by atoms with van der Waals surface area (Å²) >= 11 is 0. The molecule has 0 saturated heterocycles. The van der Waals surface area contributed by atoms with E-state index in [-0.39, 0.29) is 18.5 Å². The van der Waals surface area contributed by atoms with Gasteiger partial charge in [0.1, 0.15) is 12.9 Å². The van der Waals surface area contributed by atoms with Crippen molar-refractivity contribution >= 4 is 22.4 Å². The number of rotatable bonds is 3. The molecule has 0 bridgehead atoms. The van der Waals surface area contributed by atoms with E-state index in [0.717, 1.165) is 12.1 Å². The second-order valence-electron chi connectivity index (χ2n) is 5.14. The minimum Gasteiger partial charge on any atom is -0.307 e. The Labute approximate surface area is 125 Å². The molecule has 21 heavy (non-hydrogen) atoms. The van der Waals surface area contributed by atoms with E-state index in [4.69, 9.17) is 0 Å². The average Bonchev–Trinajstić information content (AvgIpc) is 3.01. The number of hydrogen-bond acceptors (Lipinski definition) is 4. The van der Waals surface area contributed by atoms with Crippen LogP contribution in [0.3, 0.4) is 0 Å². The highest BCUT2D eigenvalue weighted by atomic mass is 32.2. The molecule has 3 rings (SSSR count). The number of aromatic nitrogens is 3. The Hall–Kier alpha value is -2.02. The standard InChI is InChI=1S/C14H16N4O2S/c1-10-7-11-5-3-4-6-12(11)18(10)13(19)8-17-9-15-16-14(17)21(2)20/h3-6,9-10H,7-8H2,1-2H3. The van der Waals surface area contributed by atoms with Gasteiger partial charge in [0, 0.05) is 18.0 Å². The Bertz CT molecular complexity index is 713. The molecular weight excluding hydrogens is 288 g/mol. The molecule has 1 aliphatic heterocycles. The topological polar surface area (TPSA) is 68.1 Å². The normalized spacial score (nSPS) is 18.6. The maximum atomic E-state index is 12.6. The number of benzene rings is 1. The van der Waals surface area contributed by atoms with Crippen molar-refractivity contribution in [3.63, 3.8) is 0 Å². The summed E-state index contributed by atoms with van der Waals surface area (Å²) in [7, 11) is -1.26. The lowest BCUT2D eigenvalue weighted by Crippen LogP contribution is -2.38. The van der Waals surface area contributed by atoms with Crippen LogP contribution in [0.25, 0.3) is 0 Å². The highest BCUT2D eigenvalue weighted by molar-refractivity contribution is 7.84. The molecular formula is C14H16N4O2S. The van der Waals surface area contributed by atoms with Crippen molar-refractivity contribution in [3.05, 3.63) is 36.2 Å². The second-order valence-corrected chi connectivity index (χ2v) is 6.41. The molecule has 2 atom stereocenters. The van der Waals surface area contributed by atoms with Crippen LogP contribution in [-0.4, -0.2) is 37.2 Å². The number of nitrogens with zero attached hydrogens (tertiary/aromatic N) is 4. The fraction of sp³-hybridized carbons (Fsp3) is 0.357. The molecule has 0 radical (unpaired) electrons. The first kappa shape index (κ1) is 13.9. The van der Waals surface area contributed by atoms with Gasteiger partial charge in [-0.1, -0.05) is 18.2 Å². The van der Waals surface area contributed by atoms with E-state index < -0.39 is 10.8 Å². The summed E-state index contributed by atoms with van der Waals surface area (Å²) in [6.07, 6.45) is 3.83. The van der Waals surface area contributed by atoms with Crippen molar-refractivity contribution < 1.29 is 9.00 Å². The number of carbonyl (C=O) groups is 1. The molecule has 110 valence electrons. The Morgan fingerprint density at radius 2 is 2.19 bits per heavy atom. The van der Waals surface area contributed by atoms with Crippen LogP contribution in [0.4, 0.5) is 5.69 Å². The Kier molecular flexibility index (Phi) is 3.59. The molecule has 1 aromatic carbocycles. The van der Waals surface area contributed by atoms with E-state index in [1.165, 1.54) is 18.1 Å². The highest BCUT2D eigenvalue weighted by Crippen LogP contribution is 2.31. The molecule has 1 aromatic heterocycles. The Balaban J connectivity index is 1.86. The zero-order valence-corrected chi connectivity index (χ0v) is 12.7. The van der Waals surface area contributed by atoms with Gasteiger partial charge in [-0.15, -0.1) is 10.2 Å². The minimum absolute atomic E-state index is 0.0426. The van der Waals surface area contributed by atoms with E-state index in [0.29, 0.717) is 5.16 Å². The minimum atomic E-state index is -1.26. The van der Waals surface area contributed by atoms with Crippen molar-refractivity contribution in [2.24, 2.45) is 0 Å². The number of fused-ring (bicyclic) bond motifs is 1. The van der Waals surface area contributed by atoms with Crippen LogP contribution in [0.15, 0.2) is 35.7 Å². The van der Waals surface area contributed by atoms with Crippen molar-refractivity contribution in [1.82, 2.24) is 14.8 Å². The predicted molar refractivity (Wildman–Crippen MR) is 79.4 cm³/mol. The number of para-hydroxylation sites is 1. The van der Waals surface area contributed by atoms with E-state index in [9.17, 15) is 9.00 Å². The third-order valence-corrected chi connectivity index (χ3v) is 4.45. The number of anilines is 1. The molecule has 2 heterocycles. The molecule has 0 spiro atoms. The van der Waals surface area contributed by atoms with Crippen molar-refractivity contribution in [3.8, 4) is 0 Å². The third kappa shape index (κ3) is 2.49. The van der Waals surface area contributed by atoms with Crippen LogP contribution in [0.2, 0.25) is 0 Å². The molecule has 0 aliphatic carbocycles. The monoisotopic (exact) mass is 304 g/mol. The van der Waals surface area contributed by atoms with E-state index in [2.05, 4.69) is 10.2 Å². The largest absolute Gasteiger partial charge is 0.307 e. The molecule has 1 amide bonds. The van der Waals surface area contributed by atoms with Crippen LogP contribution in [-0.2, 0) is 28.6 Å². The van der Waals surface area contributed by atoms with Gasteiger partial charge in [0.15, 0.2) is 0 Å². The molecule has 0 fully saturated rings. The lowest BCUT2D eigenvalue weighted by molar-refractivity contribution is -0.119. The molecule has 2 unspecified atom stereocenters. The molecule has 0 N–H and O–H groups in total. The van der Waals surface area contributed by atoms with Crippen LogP contribution in [0.1, 0.15) is 12.5 Å². The summed E-state index contributed by atoms with van der Waals surface area (Å²) in [6.45, 7) is 2.13. The third-order valence-electron chi connectivity index (χ3n) is 3.62. The Morgan fingerprint density at radius 1 is 1.43 bits per heavy atom. The fourth-order valence-electron chi connectivity index (χ4n) is 2.74. The lowest BCUT2D eigenvalue weighted by Gasteiger charge is -2.23. The fourth-order valence-corrected chi connectivity index (χ4v) is 3.35. The summed E-state index contributed by atoms with van der Waals surface area (Å²) in [5.41, 5.74) is 2.14. The van der Waals surface area contributed by atoms with Crippen molar-refractivity contribution in [2.45, 2.75) is 31.1 Å². The first-order valence-corrected chi connectivity index (χ1v) is 8.25. The predicted octanol–water partition coefficient (Wildman–Crippen LogP) is 0.993. The number of hydrogen-bond donors (Lipinski definition) is 0. The van der Waals surface area contributed by atoms with Gasteiger partial charge >= 0.3 is 0 Å². The average molecular weight is 304 g/mol. The van der Waals surface area contributed by atoms with Crippen LogP contribution < -0.4 is 4.90 Å². The van der Waals surface area contributed by atoms with Gasteiger partial charge in [-0.2, -0.15) is 0 Å². The van der Waals surface area contributed by atoms with Gasteiger partial charge in [0.25, 0.3) is 0 Å². The molecule has 1 aliphatic rings. The second kappa shape index (κ2) is 5.40. The van der Waals surface area contributed by atoms with Crippen LogP contribution in [0.5, 0.6) is 0 Å². The van der Waals surface area contributed by atoms with Gasteiger partial charge in [0.2, 0.25) is 11.1 Å². The quantitative estimate of drug-likeness (QED) is 0.848. The Morgan fingerprint density at radius 3 is 2.95 bits per heavy atom. The van der Waals surface area contributed by atoms with Gasteiger partial charge in [-0.25, -0.2) is 0 Å². The molecule has 2 aromatic rings. The smallest absolute Gasteiger partial charge is 0.247 e. The van der Waals surface area contributed by atoms with Gasteiger partial charge < -0.3 is 4.90 Å². The molecule has 6 nitrogen and oxygen atoms in total. The summed E-state index contributed by atoms with van der Waals surface area (Å²) in [6, 6.07) is 8.05. The maximum Gasteiger partial charge on any atom is 0.247 e. The van der Waals surface area contributed by atoms with Crippen molar-refractivity contribution in [2.75, 3.05) is 11.2 Å². The van der Waals surface area contributed by atoms with Crippen LogP contribution in [0, 0.1) is 0 Å². The van der Waals surface area contributed by atoms with Gasteiger partial charge in [-0.3, -0.25) is 13.6 Å². The maximum absolute atomic E-state index is 12.6. The summed E-state index contributed by atoms with van der Waals surface area (Å²) in [5, 5.41) is 7.86. The lowest BCUT2D eigenvalue weighted by atomic mass is 10.1.